The first-order chi connectivity index (χ1) is 15.6. The van der Waals surface area contributed by atoms with Gasteiger partial charge in [-0.15, -0.1) is 0 Å². The molecule has 3 heterocycles. The van der Waals surface area contributed by atoms with E-state index in [0.717, 1.165) is 13.1 Å². The van der Waals surface area contributed by atoms with Crippen LogP contribution in [0.25, 0.3) is 11.0 Å². The predicted molar refractivity (Wildman–Crippen MR) is 119 cm³/mol. The van der Waals surface area contributed by atoms with E-state index in [4.69, 9.17) is 19.0 Å². The number of likely N-dealkylation sites (N-methyl/N-ethyl adjacent to an activating group) is 1. The number of aliphatic hydroxyl groups is 1. The second kappa shape index (κ2) is 10.3. The van der Waals surface area contributed by atoms with Crippen LogP contribution in [0.15, 0.2) is 51.6 Å². The summed E-state index contributed by atoms with van der Waals surface area (Å²) in [5, 5.41) is 9.51. The van der Waals surface area contributed by atoms with Gasteiger partial charge in [-0.1, -0.05) is 12.1 Å². The Kier molecular flexibility index (Phi) is 7.24. The molecule has 8 heteroatoms. The molecule has 1 aromatic heterocycles. The van der Waals surface area contributed by atoms with Crippen molar-refractivity contribution in [3.8, 4) is 0 Å². The maximum Gasteiger partial charge on any atom is 0.288 e. The van der Waals surface area contributed by atoms with Crippen LogP contribution in [-0.2, 0) is 14.3 Å². The number of rotatable bonds is 7. The summed E-state index contributed by atoms with van der Waals surface area (Å²) < 4.78 is 17.5. The highest BCUT2D eigenvalue weighted by molar-refractivity contribution is 5.92. The van der Waals surface area contributed by atoms with Crippen molar-refractivity contribution >= 4 is 16.9 Å². The van der Waals surface area contributed by atoms with Gasteiger partial charge in [-0.25, -0.2) is 0 Å². The van der Waals surface area contributed by atoms with E-state index in [0.29, 0.717) is 55.5 Å². The van der Waals surface area contributed by atoms with Gasteiger partial charge in [-0.05, 0) is 38.1 Å². The zero-order valence-electron chi connectivity index (χ0n) is 18.4. The Balaban J connectivity index is 1.60. The molecule has 1 aromatic carbocycles. The van der Waals surface area contributed by atoms with Gasteiger partial charge in [0.15, 0.2) is 11.2 Å². The molecule has 0 aliphatic carbocycles. The molecule has 0 radical (unpaired) electrons. The number of para-hydroxylation sites is 1. The van der Waals surface area contributed by atoms with Crippen molar-refractivity contribution in [2.75, 3.05) is 46.4 Å². The minimum Gasteiger partial charge on any atom is -0.464 e. The van der Waals surface area contributed by atoms with Crippen molar-refractivity contribution in [1.29, 1.82) is 0 Å². The number of piperazine rings is 1. The SMILES string of the molecule is CN1CCN(C(=O)C2=C[C@@H](c3coc4ccccc4c3=O)C[C@@H](OCCCCO)O2)CC1. The molecule has 8 nitrogen and oxygen atoms in total. The fourth-order valence-electron chi connectivity index (χ4n) is 4.07. The summed E-state index contributed by atoms with van der Waals surface area (Å²) in [4.78, 5) is 30.3. The van der Waals surface area contributed by atoms with Crippen LogP contribution in [0.3, 0.4) is 0 Å². The fourth-order valence-corrected chi connectivity index (χ4v) is 4.07. The number of benzene rings is 1. The van der Waals surface area contributed by atoms with E-state index in [2.05, 4.69) is 4.90 Å². The Hall–Kier alpha value is -2.68. The molecule has 2 aliphatic heterocycles. The molecule has 1 saturated heterocycles. The summed E-state index contributed by atoms with van der Waals surface area (Å²) in [6.45, 7) is 3.36. The normalized spacial score (nSPS) is 21.9. The molecule has 0 bridgehead atoms. The van der Waals surface area contributed by atoms with Gasteiger partial charge in [0.25, 0.3) is 5.91 Å². The highest BCUT2D eigenvalue weighted by Gasteiger charge is 2.33. The summed E-state index contributed by atoms with van der Waals surface area (Å²) >= 11 is 0. The first-order valence-electron chi connectivity index (χ1n) is 11.2. The molecule has 1 amide bonds. The summed E-state index contributed by atoms with van der Waals surface area (Å²) in [5.74, 6) is -0.332. The van der Waals surface area contributed by atoms with Gasteiger partial charge < -0.3 is 28.8 Å². The lowest BCUT2D eigenvalue weighted by molar-refractivity contribution is -0.153. The molecule has 1 N–H and O–H groups in total. The molecular formula is C24H30N2O6. The summed E-state index contributed by atoms with van der Waals surface area (Å²) in [7, 11) is 2.03. The van der Waals surface area contributed by atoms with Crippen LogP contribution >= 0.6 is 0 Å². The molecule has 0 spiro atoms. The first-order valence-corrected chi connectivity index (χ1v) is 11.2. The molecule has 32 heavy (non-hydrogen) atoms. The summed E-state index contributed by atoms with van der Waals surface area (Å²) in [6.07, 6.45) is 4.29. The van der Waals surface area contributed by atoms with E-state index in [9.17, 15) is 9.59 Å². The molecule has 0 unspecified atom stereocenters. The van der Waals surface area contributed by atoms with E-state index < -0.39 is 6.29 Å². The highest BCUT2D eigenvalue weighted by Crippen LogP contribution is 2.32. The van der Waals surface area contributed by atoms with Crippen LogP contribution in [0.5, 0.6) is 0 Å². The van der Waals surface area contributed by atoms with E-state index in [1.165, 1.54) is 6.26 Å². The largest absolute Gasteiger partial charge is 0.464 e. The van der Waals surface area contributed by atoms with Crippen LogP contribution in [0.2, 0.25) is 0 Å². The minimum absolute atomic E-state index is 0.0999. The standard InChI is InChI=1S/C24H30N2O6/c1-25-8-10-26(11-9-25)24(29)21-14-17(15-22(32-21)30-13-5-4-12-27)19-16-31-20-7-3-2-6-18(20)23(19)28/h2-3,6-7,14,16-17,22,27H,4-5,8-13,15H2,1H3/t17-,22+/m1/s1. The Morgan fingerprint density at radius 3 is 2.75 bits per heavy atom. The fraction of sp³-hybridized carbons (Fsp3) is 0.500. The maximum atomic E-state index is 13.2. The zero-order chi connectivity index (χ0) is 22.5. The van der Waals surface area contributed by atoms with Crippen molar-refractivity contribution in [3.63, 3.8) is 0 Å². The van der Waals surface area contributed by atoms with Gasteiger partial charge >= 0.3 is 0 Å². The van der Waals surface area contributed by atoms with Gasteiger partial charge in [0.05, 0.1) is 18.3 Å². The molecule has 1 fully saturated rings. The molecule has 2 aliphatic rings. The number of carbonyl (C=O) groups is 1. The lowest BCUT2D eigenvalue weighted by atomic mass is 9.93. The molecule has 4 rings (SSSR count). The highest BCUT2D eigenvalue weighted by atomic mass is 16.7. The van der Waals surface area contributed by atoms with Crippen molar-refractivity contribution in [2.24, 2.45) is 0 Å². The third-order valence-electron chi connectivity index (χ3n) is 6.02. The second-order valence-electron chi connectivity index (χ2n) is 8.33. The van der Waals surface area contributed by atoms with Crippen molar-refractivity contribution in [2.45, 2.75) is 31.5 Å². The lowest BCUT2D eigenvalue weighted by Crippen LogP contribution is -2.48. The Morgan fingerprint density at radius 1 is 1.19 bits per heavy atom. The Bertz CT molecular complexity index is 1020. The topological polar surface area (TPSA) is 92.5 Å². The number of nitrogens with zero attached hydrogens (tertiary/aromatic N) is 2. The lowest BCUT2D eigenvalue weighted by Gasteiger charge is -2.35. The number of hydrogen-bond donors (Lipinski definition) is 1. The van der Waals surface area contributed by atoms with Gasteiger partial charge in [-0.3, -0.25) is 9.59 Å². The number of allylic oxidation sites excluding steroid dienone is 1. The maximum absolute atomic E-state index is 13.2. The van der Waals surface area contributed by atoms with Crippen LogP contribution in [0.1, 0.15) is 30.7 Å². The summed E-state index contributed by atoms with van der Waals surface area (Å²) in [6, 6.07) is 7.13. The summed E-state index contributed by atoms with van der Waals surface area (Å²) in [5.41, 5.74) is 0.905. The van der Waals surface area contributed by atoms with Crippen LogP contribution in [0.4, 0.5) is 0 Å². The average molecular weight is 443 g/mol. The number of carbonyl (C=O) groups excluding carboxylic acids is 1. The Morgan fingerprint density at radius 2 is 1.97 bits per heavy atom. The van der Waals surface area contributed by atoms with E-state index in [1.807, 2.05) is 13.1 Å². The predicted octanol–water partition coefficient (Wildman–Crippen LogP) is 2.07. The van der Waals surface area contributed by atoms with Gasteiger partial charge in [-0.2, -0.15) is 0 Å². The van der Waals surface area contributed by atoms with Crippen LogP contribution in [-0.4, -0.2) is 73.5 Å². The van der Waals surface area contributed by atoms with Crippen LogP contribution < -0.4 is 5.43 Å². The smallest absolute Gasteiger partial charge is 0.288 e. The van der Waals surface area contributed by atoms with Crippen molar-refractivity contribution < 1.29 is 23.8 Å². The number of hydrogen-bond acceptors (Lipinski definition) is 7. The zero-order valence-corrected chi connectivity index (χ0v) is 18.4. The number of ether oxygens (including phenoxy) is 2. The second-order valence-corrected chi connectivity index (χ2v) is 8.33. The molecule has 172 valence electrons. The van der Waals surface area contributed by atoms with Crippen molar-refractivity contribution in [1.82, 2.24) is 9.80 Å². The first kappa shape index (κ1) is 22.5. The number of amides is 1. The van der Waals surface area contributed by atoms with Gasteiger partial charge in [0, 0.05) is 50.7 Å². The van der Waals surface area contributed by atoms with Gasteiger partial charge in [0.1, 0.15) is 5.58 Å². The molecule has 0 saturated carbocycles. The number of fused-ring (bicyclic) bond motifs is 1. The third kappa shape index (κ3) is 5.03. The third-order valence-corrected chi connectivity index (χ3v) is 6.02. The average Bonchev–Trinajstić information content (AvgIpc) is 2.82. The van der Waals surface area contributed by atoms with Gasteiger partial charge in [0.2, 0.25) is 6.29 Å². The van der Waals surface area contributed by atoms with E-state index >= 15 is 0 Å². The van der Waals surface area contributed by atoms with Crippen molar-refractivity contribution in [3.05, 3.63) is 58.2 Å². The Labute approximate surface area is 187 Å². The number of unbranched alkanes of at least 4 members (excludes halogenated alkanes) is 1. The monoisotopic (exact) mass is 442 g/mol. The number of aliphatic hydroxyl groups excluding tert-OH is 1. The van der Waals surface area contributed by atoms with E-state index in [-0.39, 0.29) is 29.6 Å². The minimum atomic E-state index is -0.652. The van der Waals surface area contributed by atoms with E-state index in [1.54, 1.807) is 29.2 Å². The molecule has 2 aromatic rings. The molecular weight excluding hydrogens is 412 g/mol. The van der Waals surface area contributed by atoms with Crippen LogP contribution in [0, 0.1) is 0 Å². The molecule has 2 atom stereocenters. The quantitative estimate of drug-likeness (QED) is 0.656.